The van der Waals surface area contributed by atoms with Gasteiger partial charge in [0.1, 0.15) is 11.6 Å². The topological polar surface area (TPSA) is 113 Å². The largest absolute Gasteiger partial charge is 0.465 e. The fraction of sp³-hybridized carbons (Fsp3) is 0.409. The zero-order valence-electron chi connectivity index (χ0n) is 17.3. The fourth-order valence-corrected chi connectivity index (χ4v) is 2.86. The van der Waals surface area contributed by atoms with E-state index < -0.39 is 23.5 Å². The van der Waals surface area contributed by atoms with E-state index >= 15 is 0 Å². The maximum Gasteiger partial charge on any atom is 0.337 e. The van der Waals surface area contributed by atoms with E-state index in [0.29, 0.717) is 11.1 Å². The molecule has 0 bridgehead atoms. The van der Waals surface area contributed by atoms with E-state index in [9.17, 15) is 19.5 Å². The normalized spacial score (nSPS) is 23.7. The molecule has 0 radical (unpaired) electrons. The zero-order chi connectivity index (χ0) is 22.0. The molecule has 0 saturated carbocycles. The monoisotopic (exact) mass is 403 g/mol. The maximum atomic E-state index is 12.5. The molecule has 0 aromatic heterocycles. The second-order valence-corrected chi connectivity index (χ2v) is 6.83. The Kier molecular flexibility index (Phi) is 9.44. The number of esters is 1. The van der Waals surface area contributed by atoms with Crippen LogP contribution in [-0.2, 0) is 19.1 Å². The average molecular weight is 403 g/mol. The van der Waals surface area contributed by atoms with Crippen molar-refractivity contribution in [2.75, 3.05) is 13.7 Å². The summed E-state index contributed by atoms with van der Waals surface area (Å²) >= 11 is 0. The number of Topliss-reactive ketones (excluding diaryl/α,β-unsaturated/α-hetero) is 1. The lowest BCUT2D eigenvalue weighted by Crippen LogP contribution is -2.42. The van der Waals surface area contributed by atoms with Gasteiger partial charge in [0.25, 0.3) is 0 Å². The Bertz CT molecular complexity index is 787. The highest BCUT2D eigenvalue weighted by Crippen LogP contribution is 2.28. The first kappa shape index (κ1) is 24.3. The van der Waals surface area contributed by atoms with Crippen LogP contribution in [0, 0.1) is 5.92 Å². The number of ketones is 1. The molecule has 0 spiro atoms. The highest BCUT2D eigenvalue weighted by molar-refractivity contribution is 6.10. The summed E-state index contributed by atoms with van der Waals surface area (Å²) in [5, 5.41) is 21.5. The van der Waals surface area contributed by atoms with Gasteiger partial charge in [-0.25, -0.2) is 4.79 Å². The number of hydrogen-bond acceptors (Lipinski definition) is 6. The van der Waals surface area contributed by atoms with Crippen molar-refractivity contribution < 1.29 is 29.3 Å². The summed E-state index contributed by atoms with van der Waals surface area (Å²) in [5.41, 5.74) is 0.147. The lowest BCUT2D eigenvalue weighted by atomic mass is 9.93. The molecule has 1 amide bonds. The van der Waals surface area contributed by atoms with Crippen LogP contribution >= 0.6 is 0 Å². The van der Waals surface area contributed by atoms with Gasteiger partial charge in [0, 0.05) is 19.4 Å². The van der Waals surface area contributed by atoms with Crippen LogP contribution < -0.4 is 5.32 Å². The van der Waals surface area contributed by atoms with Crippen LogP contribution in [0.4, 0.5) is 0 Å². The molecular weight excluding hydrogens is 374 g/mol. The summed E-state index contributed by atoms with van der Waals surface area (Å²) in [7, 11) is 1.33. The standard InChI is InChI=1S/C22H29NO6/c1-5-17(21(27)29-4)13-15(2)9-7-6-8-10-16(3)19(25)18-14-22(28,11-12-24)23-20(18)26/h5-10,13,18,24,28H,11-12,14H2,1-4H3,(H,23,26)/b8-6+,9-7+,15-13+,16-10+,17-5+/t18?,22-/m0/s1. The lowest BCUT2D eigenvalue weighted by Gasteiger charge is -2.20. The smallest absolute Gasteiger partial charge is 0.337 e. The fourth-order valence-electron chi connectivity index (χ4n) is 2.86. The molecule has 1 heterocycles. The molecule has 1 rings (SSSR count). The average Bonchev–Trinajstić information content (AvgIpc) is 2.98. The van der Waals surface area contributed by atoms with Crippen LogP contribution in [0.3, 0.4) is 0 Å². The van der Waals surface area contributed by atoms with E-state index in [-0.39, 0.29) is 25.2 Å². The van der Waals surface area contributed by atoms with Crippen molar-refractivity contribution in [2.45, 2.75) is 39.3 Å². The first-order valence-corrected chi connectivity index (χ1v) is 9.31. The summed E-state index contributed by atoms with van der Waals surface area (Å²) in [6.07, 6.45) is 11.8. The maximum absolute atomic E-state index is 12.5. The van der Waals surface area contributed by atoms with Crippen LogP contribution in [0.15, 0.2) is 59.3 Å². The number of hydrogen-bond donors (Lipinski definition) is 3. The Balaban J connectivity index is 2.72. The Morgan fingerprint density at radius 1 is 1.28 bits per heavy atom. The van der Waals surface area contributed by atoms with E-state index in [1.165, 1.54) is 7.11 Å². The van der Waals surface area contributed by atoms with Gasteiger partial charge in [-0.15, -0.1) is 0 Å². The van der Waals surface area contributed by atoms with Crippen molar-refractivity contribution in [1.29, 1.82) is 0 Å². The minimum absolute atomic E-state index is 0.0201. The van der Waals surface area contributed by atoms with Gasteiger partial charge in [0.2, 0.25) is 5.91 Å². The highest BCUT2D eigenvalue weighted by Gasteiger charge is 2.45. The number of amides is 1. The first-order valence-electron chi connectivity index (χ1n) is 9.31. The molecule has 29 heavy (non-hydrogen) atoms. The van der Waals surface area contributed by atoms with Crippen LogP contribution in [-0.4, -0.2) is 47.3 Å². The number of methoxy groups -OCH3 is 1. The van der Waals surface area contributed by atoms with Crippen molar-refractivity contribution >= 4 is 17.7 Å². The van der Waals surface area contributed by atoms with E-state index in [1.54, 1.807) is 56.4 Å². The van der Waals surface area contributed by atoms with Gasteiger partial charge in [-0.3, -0.25) is 9.59 Å². The second-order valence-electron chi connectivity index (χ2n) is 6.83. The third-order valence-electron chi connectivity index (χ3n) is 4.49. The van der Waals surface area contributed by atoms with E-state index in [1.807, 2.05) is 6.92 Å². The minimum atomic E-state index is -1.54. The number of carbonyl (C=O) groups is 3. The van der Waals surface area contributed by atoms with Crippen molar-refractivity contribution in [3.63, 3.8) is 0 Å². The second kappa shape index (κ2) is 11.3. The van der Waals surface area contributed by atoms with Gasteiger partial charge < -0.3 is 20.3 Å². The molecule has 0 aliphatic carbocycles. The molecule has 1 fully saturated rings. The summed E-state index contributed by atoms with van der Waals surface area (Å²) in [6.45, 7) is 4.91. The van der Waals surface area contributed by atoms with Crippen LogP contribution in [0.2, 0.25) is 0 Å². The molecule has 1 aliphatic rings. The van der Waals surface area contributed by atoms with Gasteiger partial charge in [-0.1, -0.05) is 42.0 Å². The van der Waals surface area contributed by atoms with Crippen LogP contribution in [0.25, 0.3) is 0 Å². The highest BCUT2D eigenvalue weighted by atomic mass is 16.5. The van der Waals surface area contributed by atoms with Gasteiger partial charge in [-0.05, 0) is 32.4 Å². The van der Waals surface area contributed by atoms with Gasteiger partial charge in [-0.2, -0.15) is 0 Å². The van der Waals surface area contributed by atoms with Gasteiger partial charge in [0.05, 0.1) is 12.7 Å². The Morgan fingerprint density at radius 2 is 1.97 bits per heavy atom. The number of rotatable bonds is 9. The van der Waals surface area contributed by atoms with Crippen molar-refractivity contribution in [1.82, 2.24) is 5.32 Å². The number of carbonyl (C=O) groups excluding carboxylic acids is 3. The van der Waals surface area contributed by atoms with Gasteiger partial charge >= 0.3 is 5.97 Å². The number of aliphatic hydroxyl groups is 2. The first-order chi connectivity index (χ1) is 13.7. The van der Waals surface area contributed by atoms with Crippen molar-refractivity contribution in [3.8, 4) is 0 Å². The molecule has 1 aliphatic heterocycles. The summed E-state index contributed by atoms with van der Waals surface area (Å²) in [5.74, 6) is -2.27. The molecule has 1 saturated heterocycles. The Labute approximate surface area is 171 Å². The molecule has 3 N–H and O–H groups in total. The van der Waals surface area contributed by atoms with E-state index in [0.717, 1.165) is 5.57 Å². The predicted octanol–water partition coefficient (Wildman–Crippen LogP) is 1.89. The third-order valence-corrected chi connectivity index (χ3v) is 4.49. The summed E-state index contributed by atoms with van der Waals surface area (Å²) in [6, 6.07) is 0. The molecular formula is C22H29NO6. The SMILES string of the molecule is C\C=C(/C=C(C)/C=C/C=C/C=C(\C)C(=O)C1C[C@@](O)(CCO)NC1=O)C(=O)OC. The Morgan fingerprint density at radius 3 is 2.55 bits per heavy atom. The Hall–Kier alpha value is -2.77. The zero-order valence-corrected chi connectivity index (χ0v) is 17.3. The molecule has 7 heteroatoms. The van der Waals surface area contributed by atoms with E-state index in [4.69, 9.17) is 5.11 Å². The summed E-state index contributed by atoms with van der Waals surface area (Å²) in [4.78, 5) is 36.0. The van der Waals surface area contributed by atoms with Gasteiger partial charge in [0.15, 0.2) is 5.78 Å². The number of allylic oxidation sites excluding steroid dienone is 8. The third kappa shape index (κ3) is 7.29. The number of ether oxygens (including phenoxy) is 1. The van der Waals surface area contributed by atoms with Crippen LogP contribution in [0.1, 0.15) is 33.6 Å². The number of aliphatic hydroxyl groups excluding tert-OH is 1. The predicted molar refractivity (Wildman–Crippen MR) is 109 cm³/mol. The quantitative estimate of drug-likeness (QED) is 0.235. The van der Waals surface area contributed by atoms with E-state index in [2.05, 4.69) is 10.1 Å². The molecule has 158 valence electrons. The molecule has 0 aromatic carbocycles. The molecule has 2 atom stereocenters. The molecule has 1 unspecified atom stereocenters. The molecule has 0 aromatic rings. The summed E-state index contributed by atoms with van der Waals surface area (Å²) < 4.78 is 4.69. The van der Waals surface area contributed by atoms with Crippen LogP contribution in [0.5, 0.6) is 0 Å². The lowest BCUT2D eigenvalue weighted by molar-refractivity contribution is -0.135. The minimum Gasteiger partial charge on any atom is -0.465 e. The number of nitrogens with one attached hydrogen (secondary N) is 1. The van der Waals surface area contributed by atoms with Crippen molar-refractivity contribution in [2.24, 2.45) is 5.92 Å². The molecule has 7 nitrogen and oxygen atoms in total. The van der Waals surface area contributed by atoms with Crippen molar-refractivity contribution in [3.05, 3.63) is 59.3 Å².